The third-order valence-electron chi connectivity index (χ3n) is 3.53. The maximum absolute atomic E-state index is 5.76. The fourth-order valence-corrected chi connectivity index (χ4v) is 2.36. The zero-order valence-electron chi connectivity index (χ0n) is 12.9. The lowest BCUT2D eigenvalue weighted by molar-refractivity contribution is 0.287. The second-order valence-electron chi connectivity index (χ2n) is 5.03. The summed E-state index contributed by atoms with van der Waals surface area (Å²) in [6, 6.07) is 16.5. The molecule has 0 saturated heterocycles. The van der Waals surface area contributed by atoms with E-state index in [9.17, 15) is 0 Å². The number of rotatable bonds is 7. The summed E-state index contributed by atoms with van der Waals surface area (Å²) in [7, 11) is 1.65. The van der Waals surface area contributed by atoms with Crippen molar-refractivity contribution in [1.29, 1.82) is 0 Å². The maximum atomic E-state index is 5.76. The molecule has 112 valence electrons. The van der Waals surface area contributed by atoms with Gasteiger partial charge in [-0.2, -0.15) is 0 Å². The van der Waals surface area contributed by atoms with Gasteiger partial charge in [-0.25, -0.2) is 0 Å². The molecular weight excluding hydrogens is 262 g/mol. The first-order valence-electron chi connectivity index (χ1n) is 7.27. The number of ether oxygens (including phenoxy) is 2. The summed E-state index contributed by atoms with van der Waals surface area (Å²) < 4.78 is 11.0. The van der Waals surface area contributed by atoms with Crippen LogP contribution in [0.5, 0.6) is 11.5 Å². The van der Waals surface area contributed by atoms with Crippen LogP contribution in [0.2, 0.25) is 0 Å². The summed E-state index contributed by atoms with van der Waals surface area (Å²) in [5, 5.41) is 3.48. The molecule has 0 aliphatic carbocycles. The normalized spacial score (nSPS) is 12.0. The van der Waals surface area contributed by atoms with E-state index < -0.39 is 0 Å². The molecule has 2 rings (SSSR count). The molecule has 2 aromatic rings. The van der Waals surface area contributed by atoms with Gasteiger partial charge >= 0.3 is 0 Å². The summed E-state index contributed by atoms with van der Waals surface area (Å²) >= 11 is 0. The van der Waals surface area contributed by atoms with E-state index in [1.54, 1.807) is 7.11 Å². The highest BCUT2D eigenvalue weighted by atomic mass is 16.5. The standard InChI is InChI=1S/C18H23NO2/c1-14-8-4-5-9-16(14)15(2)19-12-13-21-18-11-7-6-10-17(18)20-3/h4-11,15,19H,12-13H2,1-3H3/t15-/m0/s1. The van der Waals surface area contributed by atoms with Crippen molar-refractivity contribution in [1.82, 2.24) is 5.32 Å². The van der Waals surface area contributed by atoms with E-state index in [-0.39, 0.29) is 0 Å². The highest BCUT2D eigenvalue weighted by Crippen LogP contribution is 2.25. The van der Waals surface area contributed by atoms with Gasteiger partial charge in [0.2, 0.25) is 0 Å². The second-order valence-corrected chi connectivity index (χ2v) is 5.03. The molecule has 0 heterocycles. The Kier molecular flexibility index (Phi) is 5.64. The largest absolute Gasteiger partial charge is 0.493 e. The van der Waals surface area contributed by atoms with Gasteiger partial charge in [-0.3, -0.25) is 0 Å². The minimum Gasteiger partial charge on any atom is -0.493 e. The van der Waals surface area contributed by atoms with Gasteiger partial charge in [-0.05, 0) is 37.1 Å². The lowest BCUT2D eigenvalue weighted by Crippen LogP contribution is -2.24. The first kappa shape index (κ1) is 15.4. The number of hydrogen-bond donors (Lipinski definition) is 1. The number of benzene rings is 2. The summed E-state index contributed by atoms with van der Waals surface area (Å²) in [4.78, 5) is 0. The molecule has 0 saturated carbocycles. The van der Waals surface area contributed by atoms with Crippen LogP contribution in [-0.2, 0) is 0 Å². The number of para-hydroxylation sites is 2. The van der Waals surface area contributed by atoms with Crippen LogP contribution < -0.4 is 14.8 Å². The fourth-order valence-electron chi connectivity index (χ4n) is 2.36. The topological polar surface area (TPSA) is 30.5 Å². The van der Waals surface area contributed by atoms with Crippen LogP contribution in [-0.4, -0.2) is 20.3 Å². The molecule has 0 amide bonds. The first-order valence-corrected chi connectivity index (χ1v) is 7.27. The Hall–Kier alpha value is -2.00. The number of hydrogen-bond acceptors (Lipinski definition) is 3. The van der Waals surface area contributed by atoms with Gasteiger partial charge in [0.25, 0.3) is 0 Å². The molecule has 0 aromatic heterocycles. The third-order valence-corrected chi connectivity index (χ3v) is 3.53. The number of nitrogens with one attached hydrogen (secondary N) is 1. The highest BCUT2D eigenvalue weighted by molar-refractivity contribution is 5.39. The molecule has 1 N–H and O–H groups in total. The molecule has 0 unspecified atom stereocenters. The van der Waals surface area contributed by atoms with Crippen molar-refractivity contribution in [2.75, 3.05) is 20.3 Å². The smallest absolute Gasteiger partial charge is 0.161 e. The average molecular weight is 285 g/mol. The third kappa shape index (κ3) is 4.23. The zero-order chi connectivity index (χ0) is 15.1. The Morgan fingerprint density at radius 2 is 1.67 bits per heavy atom. The van der Waals surface area contributed by atoms with Gasteiger partial charge in [-0.15, -0.1) is 0 Å². The monoisotopic (exact) mass is 285 g/mol. The molecule has 21 heavy (non-hydrogen) atoms. The Balaban J connectivity index is 1.81. The molecular formula is C18H23NO2. The number of methoxy groups -OCH3 is 1. The van der Waals surface area contributed by atoms with Gasteiger partial charge in [0.1, 0.15) is 6.61 Å². The van der Waals surface area contributed by atoms with Gasteiger partial charge in [-0.1, -0.05) is 36.4 Å². The predicted molar refractivity (Wildman–Crippen MR) is 86.1 cm³/mol. The molecule has 2 aromatic carbocycles. The Morgan fingerprint density at radius 3 is 2.38 bits per heavy atom. The quantitative estimate of drug-likeness (QED) is 0.786. The SMILES string of the molecule is COc1ccccc1OCCN[C@@H](C)c1ccccc1C. The van der Waals surface area contributed by atoms with Crippen LogP contribution in [0.15, 0.2) is 48.5 Å². The van der Waals surface area contributed by atoms with Crippen molar-refractivity contribution in [2.24, 2.45) is 0 Å². The van der Waals surface area contributed by atoms with E-state index >= 15 is 0 Å². The minimum absolute atomic E-state index is 0.312. The van der Waals surface area contributed by atoms with Crippen molar-refractivity contribution in [2.45, 2.75) is 19.9 Å². The van der Waals surface area contributed by atoms with Crippen LogP contribution in [0.3, 0.4) is 0 Å². The molecule has 3 heteroatoms. The van der Waals surface area contributed by atoms with Crippen molar-refractivity contribution in [3.05, 3.63) is 59.7 Å². The average Bonchev–Trinajstić information content (AvgIpc) is 2.52. The van der Waals surface area contributed by atoms with Crippen molar-refractivity contribution >= 4 is 0 Å². The molecule has 0 fully saturated rings. The molecule has 0 aliphatic heterocycles. The van der Waals surface area contributed by atoms with E-state index in [4.69, 9.17) is 9.47 Å². The molecule has 0 spiro atoms. The first-order chi connectivity index (χ1) is 10.2. The van der Waals surface area contributed by atoms with Crippen LogP contribution in [0.25, 0.3) is 0 Å². The van der Waals surface area contributed by atoms with Gasteiger partial charge in [0.05, 0.1) is 7.11 Å². The van der Waals surface area contributed by atoms with E-state index in [1.807, 2.05) is 24.3 Å². The minimum atomic E-state index is 0.312. The lowest BCUT2D eigenvalue weighted by atomic mass is 10.0. The van der Waals surface area contributed by atoms with Crippen LogP contribution in [0.4, 0.5) is 0 Å². The van der Waals surface area contributed by atoms with Crippen molar-refractivity contribution in [3.8, 4) is 11.5 Å². The van der Waals surface area contributed by atoms with Gasteiger partial charge in [0, 0.05) is 12.6 Å². The predicted octanol–water partition coefficient (Wildman–Crippen LogP) is 3.73. The number of aryl methyl sites for hydroxylation is 1. The molecule has 0 radical (unpaired) electrons. The van der Waals surface area contributed by atoms with Crippen molar-refractivity contribution in [3.63, 3.8) is 0 Å². The van der Waals surface area contributed by atoms with Crippen LogP contribution in [0, 0.1) is 6.92 Å². The van der Waals surface area contributed by atoms with Crippen molar-refractivity contribution < 1.29 is 9.47 Å². The molecule has 0 aliphatic rings. The highest BCUT2D eigenvalue weighted by Gasteiger charge is 2.07. The van der Waals surface area contributed by atoms with Crippen LogP contribution >= 0.6 is 0 Å². The van der Waals surface area contributed by atoms with E-state index in [1.165, 1.54) is 11.1 Å². The second kappa shape index (κ2) is 7.70. The Labute approximate surface area is 126 Å². The molecule has 3 nitrogen and oxygen atoms in total. The summed E-state index contributed by atoms with van der Waals surface area (Å²) in [6.07, 6.45) is 0. The van der Waals surface area contributed by atoms with Crippen LogP contribution in [0.1, 0.15) is 24.1 Å². The molecule has 0 bridgehead atoms. The van der Waals surface area contributed by atoms with E-state index in [2.05, 4.69) is 43.4 Å². The van der Waals surface area contributed by atoms with Gasteiger partial charge < -0.3 is 14.8 Å². The Morgan fingerprint density at radius 1 is 1.00 bits per heavy atom. The fraction of sp³-hybridized carbons (Fsp3) is 0.333. The lowest BCUT2D eigenvalue weighted by Gasteiger charge is -2.17. The summed E-state index contributed by atoms with van der Waals surface area (Å²) in [5.41, 5.74) is 2.64. The van der Waals surface area contributed by atoms with E-state index in [0.29, 0.717) is 12.6 Å². The van der Waals surface area contributed by atoms with E-state index in [0.717, 1.165) is 18.0 Å². The molecule has 1 atom stereocenters. The zero-order valence-corrected chi connectivity index (χ0v) is 12.9. The summed E-state index contributed by atoms with van der Waals surface area (Å²) in [6.45, 7) is 5.70. The van der Waals surface area contributed by atoms with Gasteiger partial charge in [0.15, 0.2) is 11.5 Å². The Bertz CT molecular complexity index is 569. The summed E-state index contributed by atoms with van der Waals surface area (Å²) in [5.74, 6) is 1.55. The maximum Gasteiger partial charge on any atom is 0.161 e.